The van der Waals surface area contributed by atoms with E-state index in [1.165, 1.54) is 30.0 Å². The molecule has 0 atom stereocenters. The van der Waals surface area contributed by atoms with Crippen molar-refractivity contribution in [3.05, 3.63) is 38.7 Å². The van der Waals surface area contributed by atoms with Crippen molar-refractivity contribution in [1.29, 1.82) is 0 Å². The van der Waals surface area contributed by atoms with Crippen LogP contribution in [0.15, 0.2) is 21.9 Å². The lowest BCUT2D eigenvalue weighted by Crippen LogP contribution is -2.37. The van der Waals surface area contributed by atoms with Crippen LogP contribution < -0.4 is 16.6 Å². The van der Waals surface area contributed by atoms with Crippen molar-refractivity contribution in [3.8, 4) is 0 Å². The molecule has 1 rings (SSSR count). The van der Waals surface area contributed by atoms with Gasteiger partial charge in [-0.2, -0.15) is 0 Å². The monoisotopic (exact) mass is 295 g/mol. The van der Waals surface area contributed by atoms with Crippen molar-refractivity contribution in [3.63, 3.8) is 0 Å². The Kier molecular flexibility index (Phi) is 6.61. The topological polar surface area (TPSA) is 82.3 Å². The normalized spacial score (nSPS) is 11.0. The molecule has 0 aliphatic heterocycles. The SMILES string of the molecule is CCOCCCNC(=O)/C=C/c1cn(C)c(=O)n(C)c1=O. The smallest absolute Gasteiger partial charge is 0.330 e. The highest BCUT2D eigenvalue weighted by Crippen LogP contribution is 1.92. The fourth-order valence-corrected chi connectivity index (χ4v) is 1.71. The summed E-state index contributed by atoms with van der Waals surface area (Å²) >= 11 is 0. The first-order valence-electron chi connectivity index (χ1n) is 6.77. The molecule has 0 unspecified atom stereocenters. The number of nitrogens with one attached hydrogen (secondary N) is 1. The lowest BCUT2D eigenvalue weighted by atomic mass is 10.3. The molecular weight excluding hydrogens is 274 g/mol. The molecule has 0 saturated carbocycles. The van der Waals surface area contributed by atoms with Gasteiger partial charge in [-0.3, -0.25) is 14.2 Å². The van der Waals surface area contributed by atoms with Crippen LogP contribution >= 0.6 is 0 Å². The van der Waals surface area contributed by atoms with Crippen molar-refractivity contribution >= 4 is 12.0 Å². The minimum atomic E-state index is -0.432. The van der Waals surface area contributed by atoms with E-state index < -0.39 is 11.2 Å². The molecule has 7 nitrogen and oxygen atoms in total. The molecule has 0 saturated heterocycles. The molecule has 7 heteroatoms. The Hall–Kier alpha value is -2.15. The fourth-order valence-electron chi connectivity index (χ4n) is 1.71. The van der Waals surface area contributed by atoms with Gasteiger partial charge in [-0.05, 0) is 19.4 Å². The Morgan fingerprint density at radius 2 is 2.10 bits per heavy atom. The van der Waals surface area contributed by atoms with Crippen molar-refractivity contribution in [2.75, 3.05) is 19.8 Å². The number of hydrogen-bond acceptors (Lipinski definition) is 4. The average Bonchev–Trinajstić information content (AvgIpc) is 2.47. The summed E-state index contributed by atoms with van der Waals surface area (Å²) in [6.45, 7) is 3.68. The summed E-state index contributed by atoms with van der Waals surface area (Å²) in [5, 5.41) is 2.69. The summed E-state index contributed by atoms with van der Waals surface area (Å²) in [5.74, 6) is -0.289. The molecule has 1 amide bonds. The van der Waals surface area contributed by atoms with E-state index in [9.17, 15) is 14.4 Å². The Bertz CT molecular complexity index is 628. The Morgan fingerprint density at radius 3 is 2.76 bits per heavy atom. The number of rotatable bonds is 7. The van der Waals surface area contributed by atoms with Crippen LogP contribution in [0, 0.1) is 0 Å². The summed E-state index contributed by atoms with van der Waals surface area (Å²) in [6.07, 6.45) is 4.82. The Balaban J connectivity index is 2.63. The quantitative estimate of drug-likeness (QED) is 0.550. The Labute approximate surface area is 122 Å². The lowest BCUT2D eigenvalue weighted by molar-refractivity contribution is -0.116. The lowest BCUT2D eigenvalue weighted by Gasteiger charge is -2.04. The minimum absolute atomic E-state index is 0.282. The predicted octanol–water partition coefficient (Wildman–Crippen LogP) is -0.360. The van der Waals surface area contributed by atoms with Gasteiger partial charge in [0.2, 0.25) is 5.91 Å². The molecule has 0 spiro atoms. The van der Waals surface area contributed by atoms with E-state index in [0.29, 0.717) is 19.8 Å². The van der Waals surface area contributed by atoms with Gasteiger partial charge in [0.25, 0.3) is 5.56 Å². The van der Waals surface area contributed by atoms with Crippen molar-refractivity contribution < 1.29 is 9.53 Å². The molecule has 0 fully saturated rings. The minimum Gasteiger partial charge on any atom is -0.382 e. The van der Waals surface area contributed by atoms with E-state index in [2.05, 4.69) is 5.32 Å². The molecule has 0 bridgehead atoms. The van der Waals surface area contributed by atoms with Gasteiger partial charge in [0.05, 0.1) is 5.56 Å². The Morgan fingerprint density at radius 1 is 1.38 bits per heavy atom. The van der Waals surface area contributed by atoms with E-state index >= 15 is 0 Å². The van der Waals surface area contributed by atoms with Gasteiger partial charge in [-0.1, -0.05) is 0 Å². The van der Waals surface area contributed by atoms with Gasteiger partial charge in [0, 0.05) is 46.1 Å². The largest absolute Gasteiger partial charge is 0.382 e. The van der Waals surface area contributed by atoms with E-state index in [-0.39, 0.29) is 11.5 Å². The van der Waals surface area contributed by atoms with Gasteiger partial charge >= 0.3 is 5.69 Å². The van der Waals surface area contributed by atoms with E-state index in [0.717, 1.165) is 11.0 Å². The molecule has 0 aliphatic carbocycles. The van der Waals surface area contributed by atoms with Crippen molar-refractivity contribution in [2.24, 2.45) is 14.1 Å². The van der Waals surface area contributed by atoms with E-state index in [4.69, 9.17) is 4.74 Å². The number of carbonyl (C=O) groups is 1. The van der Waals surface area contributed by atoms with Crippen molar-refractivity contribution in [1.82, 2.24) is 14.5 Å². The third-order valence-electron chi connectivity index (χ3n) is 2.86. The number of aromatic nitrogens is 2. The first-order valence-corrected chi connectivity index (χ1v) is 6.77. The highest BCUT2D eigenvalue weighted by Gasteiger charge is 2.04. The van der Waals surface area contributed by atoms with Crippen LogP contribution in [0.1, 0.15) is 18.9 Å². The summed E-state index contributed by atoms with van der Waals surface area (Å²) < 4.78 is 7.44. The highest BCUT2D eigenvalue weighted by molar-refractivity contribution is 5.91. The third kappa shape index (κ3) is 5.03. The maximum Gasteiger partial charge on any atom is 0.330 e. The molecule has 0 aromatic carbocycles. The zero-order chi connectivity index (χ0) is 15.8. The molecule has 1 heterocycles. The second kappa shape index (κ2) is 8.21. The number of amides is 1. The molecule has 1 N–H and O–H groups in total. The van der Waals surface area contributed by atoms with Crippen LogP contribution in [0.2, 0.25) is 0 Å². The van der Waals surface area contributed by atoms with Crippen LogP contribution in [0.5, 0.6) is 0 Å². The van der Waals surface area contributed by atoms with Crippen LogP contribution in [-0.2, 0) is 23.6 Å². The van der Waals surface area contributed by atoms with Gasteiger partial charge in [0.15, 0.2) is 0 Å². The van der Waals surface area contributed by atoms with Crippen LogP contribution in [0.4, 0.5) is 0 Å². The summed E-state index contributed by atoms with van der Waals surface area (Å²) in [6, 6.07) is 0. The van der Waals surface area contributed by atoms with E-state index in [1.807, 2.05) is 6.92 Å². The van der Waals surface area contributed by atoms with E-state index in [1.54, 1.807) is 7.05 Å². The number of nitrogens with zero attached hydrogens (tertiary/aromatic N) is 2. The number of hydrogen-bond donors (Lipinski definition) is 1. The second-order valence-corrected chi connectivity index (χ2v) is 4.52. The third-order valence-corrected chi connectivity index (χ3v) is 2.86. The first-order chi connectivity index (χ1) is 9.97. The average molecular weight is 295 g/mol. The predicted molar refractivity (Wildman–Crippen MR) is 80.1 cm³/mol. The molecular formula is C14H21N3O4. The van der Waals surface area contributed by atoms with Crippen molar-refractivity contribution in [2.45, 2.75) is 13.3 Å². The van der Waals surface area contributed by atoms with Crippen LogP contribution in [-0.4, -0.2) is 34.8 Å². The zero-order valence-corrected chi connectivity index (χ0v) is 12.6. The maximum absolute atomic E-state index is 11.8. The molecule has 0 radical (unpaired) electrons. The summed E-state index contributed by atoms with van der Waals surface area (Å²) in [5.41, 5.74) is -0.555. The number of aryl methyl sites for hydroxylation is 1. The summed E-state index contributed by atoms with van der Waals surface area (Å²) in [7, 11) is 2.95. The first kappa shape index (κ1) is 16.9. The maximum atomic E-state index is 11.8. The molecule has 116 valence electrons. The molecule has 21 heavy (non-hydrogen) atoms. The van der Waals surface area contributed by atoms with Gasteiger partial charge in [-0.25, -0.2) is 4.79 Å². The molecule has 0 aliphatic rings. The highest BCUT2D eigenvalue weighted by atomic mass is 16.5. The standard InChI is InChI=1S/C14H21N3O4/c1-4-21-9-5-8-15-12(18)7-6-11-10-16(2)14(20)17(3)13(11)19/h6-7,10H,4-5,8-9H2,1-3H3,(H,15,18)/b7-6+. The molecule has 1 aromatic rings. The fraction of sp³-hybridized carbons (Fsp3) is 0.500. The van der Waals surface area contributed by atoms with Crippen LogP contribution in [0.3, 0.4) is 0 Å². The molecule has 1 aromatic heterocycles. The van der Waals surface area contributed by atoms with Gasteiger partial charge in [0.1, 0.15) is 0 Å². The van der Waals surface area contributed by atoms with Crippen LogP contribution in [0.25, 0.3) is 6.08 Å². The second-order valence-electron chi connectivity index (χ2n) is 4.52. The van der Waals surface area contributed by atoms with Gasteiger partial charge < -0.3 is 14.6 Å². The number of carbonyl (C=O) groups excluding carboxylic acids is 1. The summed E-state index contributed by atoms with van der Waals surface area (Å²) in [4.78, 5) is 34.9. The van der Waals surface area contributed by atoms with Gasteiger partial charge in [-0.15, -0.1) is 0 Å². The zero-order valence-electron chi connectivity index (χ0n) is 12.6. The number of ether oxygens (including phenoxy) is 1.